The second-order valence-corrected chi connectivity index (χ2v) is 0.272. The summed E-state index contributed by atoms with van der Waals surface area (Å²) in [5.74, 6) is 0. The van der Waals surface area contributed by atoms with E-state index in [2.05, 4.69) is 0 Å². The summed E-state index contributed by atoms with van der Waals surface area (Å²) in [4.78, 5) is 0. The molecule has 0 aliphatic rings. The molecule has 0 saturated heterocycles. The van der Waals surface area contributed by atoms with Gasteiger partial charge in [0.15, 0.2) is 0 Å². The fourth-order valence-electron chi connectivity index (χ4n) is 0. The van der Waals surface area contributed by atoms with E-state index in [0.29, 0.717) is 0 Å². The fraction of sp³-hybridized carbons (Fsp3) is 0. The van der Waals surface area contributed by atoms with Crippen LogP contribution >= 0.6 is 0 Å². The molecule has 26 valence electrons. The highest BCUT2D eigenvalue weighted by molar-refractivity contribution is 3.73. The number of quaternary nitrogens is 2. The lowest BCUT2D eigenvalue weighted by molar-refractivity contribution is -1.22. The molecule has 0 spiro atoms. The van der Waals surface area contributed by atoms with Crippen LogP contribution in [0.2, 0.25) is 0 Å². The molecule has 4 heavy (non-hydrogen) atoms. The van der Waals surface area contributed by atoms with Gasteiger partial charge in [0.1, 0.15) is 0 Å². The molecule has 0 rings (SSSR count). The third-order valence-corrected chi connectivity index (χ3v) is 0.0556. The van der Waals surface area contributed by atoms with Crippen LogP contribution in [0.1, 0.15) is 0 Å². The number of rotatable bonds is 1. The van der Waals surface area contributed by atoms with Crippen molar-refractivity contribution < 1.29 is 11.2 Å². The van der Waals surface area contributed by atoms with E-state index < -0.39 is 0 Å². The zero-order valence-electron chi connectivity index (χ0n) is 1.97. The Bertz CT molecular complexity index is 6.00. The molecule has 0 aromatic rings. The summed E-state index contributed by atoms with van der Waals surface area (Å²) in [6.07, 6.45) is 0. The maximum absolute atomic E-state index is 8.81. The van der Waals surface area contributed by atoms with Gasteiger partial charge in [-0.1, -0.05) is 0 Å². The summed E-state index contributed by atoms with van der Waals surface area (Å²) < 4.78 is 0. The average molecular weight is 64.0 g/mol. The van der Waals surface area contributed by atoms with Crippen molar-refractivity contribution in [1.82, 2.24) is 0 Å². The second kappa shape index (κ2) is 2.84. The highest BCUT2D eigenvalue weighted by atomic mass is 16.6. The summed E-state index contributed by atoms with van der Waals surface area (Å²) in [5.41, 5.74) is 0.389. The molecule has 0 bridgehead atoms. The Morgan fingerprint density at radius 2 is 1.25 bits per heavy atom. The van der Waals surface area contributed by atoms with Gasteiger partial charge in [0.25, 0.3) is 0 Å². The maximum atomic E-state index is 8.81. The van der Waals surface area contributed by atoms with Crippen LogP contribution in [0.4, 0.5) is 0 Å². The smallest absolute Gasteiger partial charge is 0.229 e. The molecule has 4 heteroatoms. The molecular formula is H4N2O2. The van der Waals surface area contributed by atoms with Crippen molar-refractivity contribution >= 4 is 0 Å². The third kappa shape index (κ3) is 1.84. The standard InChI is InChI=1S/H4N2O2/c3-1-2-4/h1-2H2. The molecule has 0 fully saturated rings. The quantitative estimate of drug-likeness (QED) is 0.252. The lowest BCUT2D eigenvalue weighted by atomic mass is 12.7. The van der Waals surface area contributed by atoms with Crippen LogP contribution in [0.15, 0.2) is 0 Å². The van der Waals surface area contributed by atoms with Gasteiger partial charge in [0.05, 0.1) is 0 Å². The Hall–Kier alpha value is -0.160. The topological polar surface area (TPSA) is 79.3 Å². The Kier molecular flexibility index (Phi) is 2.73. The summed E-state index contributed by atoms with van der Waals surface area (Å²) in [5, 5.41) is 17.6. The Labute approximate surface area is 22.9 Å². The summed E-state index contributed by atoms with van der Waals surface area (Å²) in [6.45, 7) is 0. The molecule has 0 saturated carbocycles. The van der Waals surface area contributed by atoms with E-state index >= 15 is 0 Å². The molecule has 0 radical (unpaired) electrons. The molecule has 4 nitrogen and oxygen atoms in total. The number of hydrogen-bond acceptors (Lipinski definition) is 2. The van der Waals surface area contributed by atoms with Gasteiger partial charge in [0.2, 0.25) is 0 Å². The zero-order chi connectivity index (χ0) is 3.41. The van der Waals surface area contributed by atoms with Gasteiger partial charge in [0, 0.05) is 0 Å². The van der Waals surface area contributed by atoms with Crippen LogP contribution in [0, 0.1) is 10.4 Å². The molecule has 0 aromatic carbocycles. The zero-order valence-corrected chi connectivity index (χ0v) is 1.97. The molecule has 0 aliphatic carbocycles. The average Bonchev–Trinajstić information content (AvgIpc) is 1.37. The van der Waals surface area contributed by atoms with Crippen LogP contribution in [-0.2, 0) is 0 Å². The molecule has 0 aromatic heterocycles. The number of nitrogens with two attached hydrogens (primary N) is 2. The first-order valence-electron chi connectivity index (χ1n) is 0.805. The lowest BCUT2D eigenvalue weighted by Crippen LogP contribution is -3.25. The van der Waals surface area contributed by atoms with Gasteiger partial charge >= 0.3 is 0 Å². The third-order valence-electron chi connectivity index (χ3n) is 0.0556. The van der Waals surface area contributed by atoms with E-state index in [-0.39, 0.29) is 11.2 Å². The van der Waals surface area contributed by atoms with Gasteiger partial charge in [-0.3, -0.25) is 0 Å². The largest absolute Gasteiger partial charge is 0.585 e. The molecule has 0 amide bonds. The first-order chi connectivity index (χ1) is 1.91. The summed E-state index contributed by atoms with van der Waals surface area (Å²) in [7, 11) is 0. The minimum absolute atomic E-state index is 0.194. The van der Waals surface area contributed by atoms with E-state index in [1.54, 1.807) is 0 Å². The summed E-state index contributed by atoms with van der Waals surface area (Å²) in [6, 6.07) is 0. The van der Waals surface area contributed by atoms with Crippen molar-refractivity contribution in [3.63, 3.8) is 0 Å². The van der Waals surface area contributed by atoms with Gasteiger partial charge in [-0.15, -0.1) is 0 Å². The van der Waals surface area contributed by atoms with Crippen molar-refractivity contribution in [1.29, 1.82) is 0 Å². The van der Waals surface area contributed by atoms with Gasteiger partial charge in [-0.25, -0.2) is 11.2 Å². The van der Waals surface area contributed by atoms with Crippen LogP contribution in [0.5, 0.6) is 0 Å². The molecular weight excluding hydrogens is 60.0 g/mol. The molecule has 0 atom stereocenters. The van der Waals surface area contributed by atoms with E-state index in [9.17, 15) is 0 Å². The number of hydrogen-bond donors (Lipinski definition) is 2. The van der Waals surface area contributed by atoms with Crippen LogP contribution in [0.3, 0.4) is 0 Å². The highest BCUT2D eigenvalue weighted by Gasteiger charge is 1.30. The monoisotopic (exact) mass is 64.0 g/mol. The van der Waals surface area contributed by atoms with Crippen LogP contribution in [0.25, 0.3) is 0 Å². The Morgan fingerprint density at radius 1 is 1.00 bits per heavy atom. The molecule has 0 unspecified atom stereocenters. The van der Waals surface area contributed by atoms with Crippen molar-refractivity contribution in [2.75, 3.05) is 0 Å². The van der Waals surface area contributed by atoms with E-state index in [1.807, 2.05) is 0 Å². The Morgan fingerprint density at radius 3 is 1.25 bits per heavy atom. The van der Waals surface area contributed by atoms with Crippen molar-refractivity contribution in [3.8, 4) is 0 Å². The molecule has 0 aliphatic heterocycles. The summed E-state index contributed by atoms with van der Waals surface area (Å²) >= 11 is 0. The van der Waals surface area contributed by atoms with Crippen LogP contribution in [-0.4, -0.2) is 0 Å². The van der Waals surface area contributed by atoms with Crippen molar-refractivity contribution in [2.45, 2.75) is 0 Å². The van der Waals surface area contributed by atoms with Gasteiger partial charge < -0.3 is 10.4 Å². The molecule has 0 heterocycles. The van der Waals surface area contributed by atoms with E-state index in [4.69, 9.17) is 10.4 Å². The van der Waals surface area contributed by atoms with E-state index in [0.717, 1.165) is 0 Å². The minimum Gasteiger partial charge on any atom is -0.585 e. The Balaban J connectivity index is 1.97. The minimum atomic E-state index is 0.194. The first-order valence-corrected chi connectivity index (χ1v) is 0.805. The normalized spacial score (nSPS) is 7.50. The predicted octanol–water partition coefficient (Wildman–Crippen LogP) is -2.98. The maximum Gasteiger partial charge on any atom is -0.229 e. The van der Waals surface area contributed by atoms with E-state index in [1.165, 1.54) is 0 Å². The van der Waals surface area contributed by atoms with Crippen molar-refractivity contribution in [3.05, 3.63) is 10.4 Å². The lowest BCUT2D eigenvalue weighted by Gasteiger charge is -1.96. The fourth-order valence-corrected chi connectivity index (χ4v) is 0. The first kappa shape index (κ1) is 3.84. The van der Waals surface area contributed by atoms with Gasteiger partial charge in [-0.05, 0) is 0 Å². The van der Waals surface area contributed by atoms with Crippen LogP contribution < -0.4 is 11.2 Å². The SMILES string of the molecule is [O-][NH2+][NH2+][O-]. The second-order valence-electron chi connectivity index (χ2n) is 0.272. The molecule has 4 N–H and O–H groups in total. The van der Waals surface area contributed by atoms with Gasteiger partial charge in [-0.2, -0.15) is 0 Å². The van der Waals surface area contributed by atoms with Crippen molar-refractivity contribution in [2.24, 2.45) is 0 Å². The highest BCUT2D eigenvalue weighted by Crippen LogP contribution is 0.658. The predicted molar refractivity (Wildman–Crippen MR) is 10.6 cm³/mol.